The van der Waals surface area contributed by atoms with Gasteiger partial charge in [0, 0.05) is 37.2 Å². The Bertz CT molecular complexity index is 1200. The first-order valence-corrected chi connectivity index (χ1v) is 14.0. The van der Waals surface area contributed by atoms with Gasteiger partial charge in [-0.2, -0.15) is 9.98 Å². The van der Waals surface area contributed by atoms with E-state index in [2.05, 4.69) is 37.8 Å². The van der Waals surface area contributed by atoms with E-state index in [1.165, 1.54) is 12.3 Å². The van der Waals surface area contributed by atoms with Crippen LogP contribution in [0, 0.1) is 11.3 Å². The molecule has 3 aliphatic rings. The zero-order valence-corrected chi connectivity index (χ0v) is 23.3. The van der Waals surface area contributed by atoms with Gasteiger partial charge in [-0.15, -0.1) is 0 Å². The largest absolute Gasteiger partial charge is 0.379 e. The summed E-state index contributed by atoms with van der Waals surface area (Å²) in [5.41, 5.74) is 2.36. The van der Waals surface area contributed by atoms with E-state index in [1.807, 2.05) is 38.1 Å². The number of nitrogens with one attached hydrogen (secondary N) is 5. The second-order valence-electron chi connectivity index (χ2n) is 10.5. The van der Waals surface area contributed by atoms with E-state index in [9.17, 15) is 9.59 Å². The number of piperidine rings is 1. The van der Waals surface area contributed by atoms with Crippen LogP contribution in [0.2, 0.25) is 0 Å². The Kier molecular flexibility index (Phi) is 10.1. The first-order valence-electron chi connectivity index (χ1n) is 14.0. The summed E-state index contributed by atoms with van der Waals surface area (Å²) in [7, 11) is 0. The number of carbonyl (C=O) groups excluding carboxylic acids is 2. The Balaban J connectivity index is 1.44. The minimum Gasteiger partial charge on any atom is -0.379 e. The van der Waals surface area contributed by atoms with E-state index in [0.717, 1.165) is 43.4 Å². The van der Waals surface area contributed by atoms with E-state index >= 15 is 0 Å². The number of likely N-dealkylation sites (tertiary alicyclic amines) is 1. The molecule has 2 atom stereocenters. The van der Waals surface area contributed by atoms with Crippen LogP contribution in [0.15, 0.2) is 58.3 Å². The molecule has 0 saturated carbocycles. The molecular formula is C29H40N8O3. The second kappa shape index (κ2) is 13.9. The van der Waals surface area contributed by atoms with Crippen LogP contribution in [0.25, 0.3) is 0 Å². The molecule has 11 heteroatoms. The van der Waals surface area contributed by atoms with E-state index in [4.69, 9.17) is 10.1 Å². The number of benzene rings is 1. The van der Waals surface area contributed by atoms with Crippen LogP contribution in [0.4, 0.5) is 5.69 Å². The van der Waals surface area contributed by atoms with Crippen molar-refractivity contribution in [2.24, 2.45) is 15.9 Å². The van der Waals surface area contributed by atoms with Gasteiger partial charge in [-0.05, 0) is 61.8 Å². The number of carbonyl (C=O) groups is 2. The molecule has 11 nitrogen and oxygen atoms in total. The number of allylic oxidation sites excluding steroid dienone is 1. The minimum atomic E-state index is -0.504. The maximum atomic E-state index is 13.1. The molecule has 1 aromatic rings. The van der Waals surface area contributed by atoms with Crippen LogP contribution in [-0.2, 0) is 20.9 Å². The Morgan fingerprint density at radius 1 is 1.25 bits per heavy atom. The highest BCUT2D eigenvalue weighted by Crippen LogP contribution is 2.20. The first kappa shape index (κ1) is 29.0. The molecule has 40 heavy (non-hydrogen) atoms. The average Bonchev–Trinajstić information content (AvgIpc) is 2.96. The number of anilines is 1. The molecule has 3 aliphatic heterocycles. The van der Waals surface area contributed by atoms with Crippen LogP contribution < -0.4 is 21.3 Å². The van der Waals surface area contributed by atoms with Crippen molar-refractivity contribution in [1.29, 1.82) is 5.41 Å². The van der Waals surface area contributed by atoms with Crippen molar-refractivity contribution >= 4 is 35.6 Å². The third kappa shape index (κ3) is 7.56. The van der Waals surface area contributed by atoms with Gasteiger partial charge in [0.2, 0.25) is 23.7 Å². The van der Waals surface area contributed by atoms with Crippen LogP contribution in [0.1, 0.15) is 51.5 Å². The summed E-state index contributed by atoms with van der Waals surface area (Å²) < 4.78 is 5.59. The first-order chi connectivity index (χ1) is 19.4. The molecule has 4 rings (SSSR count). The van der Waals surface area contributed by atoms with Crippen LogP contribution in [0.3, 0.4) is 0 Å². The molecule has 0 aliphatic carbocycles. The summed E-state index contributed by atoms with van der Waals surface area (Å²) in [5, 5.41) is 20.8. The Labute approximate surface area is 235 Å². The van der Waals surface area contributed by atoms with Gasteiger partial charge in [0.1, 0.15) is 11.9 Å². The predicted octanol–water partition coefficient (Wildman–Crippen LogP) is 2.88. The lowest BCUT2D eigenvalue weighted by atomic mass is 10.0. The van der Waals surface area contributed by atoms with Gasteiger partial charge in [-0.3, -0.25) is 9.59 Å². The number of hydrogen-bond acceptors (Lipinski definition) is 9. The van der Waals surface area contributed by atoms with Gasteiger partial charge >= 0.3 is 0 Å². The monoisotopic (exact) mass is 548 g/mol. The smallest absolute Gasteiger partial charge is 0.247 e. The molecule has 1 aromatic carbocycles. The van der Waals surface area contributed by atoms with Crippen molar-refractivity contribution in [3.05, 3.63) is 53.9 Å². The van der Waals surface area contributed by atoms with Gasteiger partial charge in [0.25, 0.3) is 0 Å². The summed E-state index contributed by atoms with van der Waals surface area (Å²) >= 11 is 0. The van der Waals surface area contributed by atoms with Crippen molar-refractivity contribution in [3.63, 3.8) is 0 Å². The SMILES string of the molecule is C=CC(=O)N1CCCCC1C(=O)Nc1cccc(CNC2=NC(N[C@H]3CCCOC3)=N/C(=C(/C=N)C(C)C)N2)c1. The van der Waals surface area contributed by atoms with Crippen LogP contribution in [0.5, 0.6) is 0 Å². The Morgan fingerprint density at radius 2 is 2.10 bits per heavy atom. The van der Waals surface area contributed by atoms with Gasteiger partial charge in [0.05, 0.1) is 12.6 Å². The predicted molar refractivity (Wildman–Crippen MR) is 157 cm³/mol. The average molecular weight is 549 g/mol. The number of hydrogen-bond donors (Lipinski definition) is 5. The van der Waals surface area contributed by atoms with Crippen molar-refractivity contribution < 1.29 is 14.3 Å². The Morgan fingerprint density at radius 3 is 2.83 bits per heavy atom. The van der Waals surface area contributed by atoms with E-state index in [-0.39, 0.29) is 23.8 Å². The summed E-state index contributed by atoms with van der Waals surface area (Å²) in [6, 6.07) is 7.20. The fraction of sp³-hybridized carbons (Fsp3) is 0.483. The van der Waals surface area contributed by atoms with Gasteiger partial charge in [0.15, 0.2) is 0 Å². The highest BCUT2D eigenvalue weighted by Gasteiger charge is 2.31. The number of ether oxygens (including phenoxy) is 1. The third-order valence-electron chi connectivity index (χ3n) is 7.13. The minimum absolute atomic E-state index is 0.101. The highest BCUT2D eigenvalue weighted by atomic mass is 16.5. The molecule has 2 fully saturated rings. The number of guanidine groups is 2. The second-order valence-corrected chi connectivity index (χ2v) is 10.5. The zero-order valence-electron chi connectivity index (χ0n) is 23.3. The van der Waals surface area contributed by atoms with Crippen molar-refractivity contribution in [2.45, 2.75) is 64.6 Å². The fourth-order valence-electron chi connectivity index (χ4n) is 4.99. The van der Waals surface area contributed by atoms with E-state index in [0.29, 0.717) is 49.5 Å². The van der Waals surface area contributed by atoms with Crippen molar-refractivity contribution in [3.8, 4) is 0 Å². The maximum Gasteiger partial charge on any atom is 0.247 e. The molecule has 2 saturated heterocycles. The molecule has 0 spiro atoms. The quantitative estimate of drug-likeness (QED) is 0.250. The molecule has 1 unspecified atom stereocenters. The summed E-state index contributed by atoms with van der Waals surface area (Å²) in [4.78, 5) is 36.2. The maximum absolute atomic E-state index is 13.1. The molecule has 0 aromatic heterocycles. The third-order valence-corrected chi connectivity index (χ3v) is 7.13. The standard InChI is InChI=1S/C29H40N8O3/c1-4-25(38)37-13-6-5-12-24(37)27(39)32-21-10-7-9-20(15-21)17-31-28-34-26(23(16-30)19(2)3)35-29(36-28)33-22-11-8-14-40-18-22/h4,7,9-10,15-16,19,22,24,30H,1,5-6,8,11-14,17-18H2,2-3H3,(H,32,39)(H3,31,33,34,35,36)/b26-23-,30-16?/t22-,24?/m0/s1. The molecule has 0 radical (unpaired) electrons. The number of amides is 2. The molecular weight excluding hydrogens is 508 g/mol. The summed E-state index contributed by atoms with van der Waals surface area (Å²) in [6.45, 7) is 9.98. The van der Waals surface area contributed by atoms with Gasteiger partial charge < -0.3 is 36.3 Å². The van der Waals surface area contributed by atoms with Gasteiger partial charge in [-0.25, -0.2) is 0 Å². The highest BCUT2D eigenvalue weighted by molar-refractivity contribution is 6.00. The molecule has 214 valence electrons. The molecule has 0 bridgehead atoms. The summed E-state index contributed by atoms with van der Waals surface area (Å²) in [5.74, 6) is 1.25. The fourth-order valence-corrected chi connectivity index (χ4v) is 4.99. The van der Waals surface area contributed by atoms with E-state index < -0.39 is 6.04 Å². The number of rotatable bonds is 8. The topological polar surface area (TPSA) is 143 Å². The number of aliphatic imine (C=N–C) groups is 2. The summed E-state index contributed by atoms with van der Waals surface area (Å²) in [6.07, 6.45) is 6.96. The van der Waals surface area contributed by atoms with Gasteiger partial charge in [-0.1, -0.05) is 32.6 Å². The Hall–Kier alpha value is -3.99. The normalized spacial score (nSPS) is 22.3. The zero-order chi connectivity index (χ0) is 28.5. The van der Waals surface area contributed by atoms with Crippen molar-refractivity contribution in [1.82, 2.24) is 20.9 Å². The van der Waals surface area contributed by atoms with Crippen LogP contribution >= 0.6 is 0 Å². The lowest BCUT2D eigenvalue weighted by Crippen LogP contribution is -2.49. The van der Waals surface area contributed by atoms with Crippen molar-refractivity contribution in [2.75, 3.05) is 25.1 Å². The van der Waals surface area contributed by atoms with E-state index in [1.54, 1.807) is 4.90 Å². The molecule has 3 heterocycles. The lowest BCUT2D eigenvalue weighted by Gasteiger charge is -2.34. The van der Waals surface area contributed by atoms with Crippen LogP contribution in [-0.4, -0.2) is 66.7 Å². The molecule has 2 amide bonds. The molecule has 5 N–H and O–H groups in total. The number of nitrogens with zero attached hydrogens (tertiary/aromatic N) is 3. The lowest BCUT2D eigenvalue weighted by molar-refractivity contribution is -0.136.